The van der Waals surface area contributed by atoms with Crippen molar-refractivity contribution in [3.05, 3.63) is 30.1 Å². The topological polar surface area (TPSA) is 18.5 Å². The minimum Gasteiger partial charge on any atom is -0.214 e. The average Bonchev–Trinajstić information content (AvgIpc) is 2.10. The molecular weight excluding hydrogens is 172 g/mol. The molecule has 0 aliphatic rings. The minimum atomic E-state index is -1.95. The van der Waals surface area contributed by atoms with E-state index in [9.17, 15) is 13.4 Å². The smallest absolute Gasteiger partial charge is 0.214 e. The predicted molar refractivity (Wildman–Crippen MR) is 36.2 cm³/mol. The first-order chi connectivity index (χ1) is 5.79. The highest BCUT2D eigenvalue weighted by molar-refractivity contribution is 6.60. The summed E-state index contributed by atoms with van der Waals surface area (Å²) in [6.07, 6.45) is 0. The molecule has 2 nitrogen and oxygen atoms in total. The van der Waals surface area contributed by atoms with Crippen molar-refractivity contribution < 1.29 is 23.2 Å². The molecule has 6 heteroatoms. The zero-order valence-corrected chi connectivity index (χ0v) is 5.84. The zero-order chi connectivity index (χ0) is 8.97. The largest absolute Gasteiger partial charge is 0.571 e. The maximum absolute atomic E-state index is 12.7. The van der Waals surface area contributed by atoms with E-state index in [1.54, 1.807) is 0 Å². The van der Waals surface area contributed by atoms with Crippen LogP contribution in [-0.4, -0.2) is 7.12 Å². The van der Waals surface area contributed by atoms with Crippen molar-refractivity contribution in [3.63, 3.8) is 0 Å². The molecule has 0 radical (unpaired) electrons. The van der Waals surface area contributed by atoms with E-state index in [0.29, 0.717) is 0 Å². The summed E-state index contributed by atoms with van der Waals surface area (Å²) in [4.78, 5) is 6.06. The second-order valence-corrected chi connectivity index (χ2v) is 2.03. The van der Waals surface area contributed by atoms with Gasteiger partial charge in [0.25, 0.3) is 0 Å². The van der Waals surface area contributed by atoms with Gasteiger partial charge < -0.3 is 0 Å². The van der Waals surface area contributed by atoms with Crippen LogP contribution in [0.1, 0.15) is 0 Å². The highest BCUT2D eigenvalue weighted by Gasteiger charge is 2.27. The first-order valence-electron chi connectivity index (χ1n) is 3.09. The van der Waals surface area contributed by atoms with Crippen LogP contribution in [-0.2, 0) is 9.72 Å². The molecule has 0 unspecified atom stereocenters. The summed E-state index contributed by atoms with van der Waals surface area (Å²) in [6, 6.07) is 4.98. The van der Waals surface area contributed by atoms with Gasteiger partial charge in [-0.15, -0.1) is 0 Å². The fourth-order valence-electron chi connectivity index (χ4n) is 0.776. The Balaban J connectivity index is 2.92. The SMILES string of the molecule is FOB(OF)c1ccccc1F. The van der Waals surface area contributed by atoms with Crippen molar-refractivity contribution in [2.45, 2.75) is 0 Å². The molecule has 1 rings (SSSR count). The summed E-state index contributed by atoms with van der Waals surface area (Å²) in [5, 5.41) is 0. The number of hydrogen-bond acceptors (Lipinski definition) is 2. The van der Waals surface area contributed by atoms with Gasteiger partial charge in [0.15, 0.2) is 0 Å². The van der Waals surface area contributed by atoms with Crippen LogP contribution in [0.4, 0.5) is 13.4 Å². The lowest BCUT2D eigenvalue weighted by Crippen LogP contribution is -2.34. The van der Waals surface area contributed by atoms with Crippen LogP contribution in [0.3, 0.4) is 0 Å². The number of halogens is 3. The molecule has 0 N–H and O–H groups in total. The standard InChI is InChI=1S/C6H4BF3O2/c8-6-4-2-1-3-5(6)7(11-9)12-10/h1-4H. The minimum absolute atomic E-state index is 0.331. The summed E-state index contributed by atoms with van der Waals surface area (Å²) < 4.78 is 35.7. The lowest BCUT2D eigenvalue weighted by atomic mass is 9.80. The molecule has 64 valence electrons. The molecule has 1 aromatic carbocycles. The van der Waals surface area contributed by atoms with Crippen molar-refractivity contribution in [1.29, 1.82) is 0 Å². The number of benzene rings is 1. The highest BCUT2D eigenvalue weighted by Crippen LogP contribution is 1.99. The van der Waals surface area contributed by atoms with Gasteiger partial charge in [-0.25, -0.2) is 14.1 Å². The van der Waals surface area contributed by atoms with Gasteiger partial charge in [0.1, 0.15) is 5.82 Å². The summed E-state index contributed by atoms with van der Waals surface area (Å²) in [5.41, 5.74) is -0.331. The van der Waals surface area contributed by atoms with E-state index in [-0.39, 0.29) is 5.46 Å². The molecule has 0 bridgehead atoms. The third-order valence-corrected chi connectivity index (χ3v) is 1.32. The zero-order valence-electron chi connectivity index (χ0n) is 5.84. The molecule has 1 aromatic rings. The summed E-state index contributed by atoms with van der Waals surface area (Å²) >= 11 is 0. The average molecular weight is 176 g/mol. The van der Waals surface area contributed by atoms with E-state index in [1.165, 1.54) is 12.1 Å². The molecule has 0 amide bonds. The van der Waals surface area contributed by atoms with Gasteiger partial charge in [0.2, 0.25) is 0 Å². The van der Waals surface area contributed by atoms with E-state index in [0.717, 1.165) is 12.1 Å². The molecular formula is C6H4BF3O2. The second kappa shape index (κ2) is 4.13. The molecule has 0 saturated carbocycles. The Morgan fingerprint density at radius 1 is 1.08 bits per heavy atom. The number of hydrogen-bond donors (Lipinski definition) is 0. The van der Waals surface area contributed by atoms with Gasteiger partial charge in [-0.05, 0) is 6.07 Å². The maximum Gasteiger partial charge on any atom is 0.571 e. The quantitative estimate of drug-likeness (QED) is 0.646. The first-order valence-corrected chi connectivity index (χ1v) is 3.09. The Morgan fingerprint density at radius 2 is 1.67 bits per heavy atom. The Labute approximate surface area is 66.8 Å². The van der Waals surface area contributed by atoms with Crippen LogP contribution in [0.5, 0.6) is 0 Å². The van der Waals surface area contributed by atoms with Crippen LogP contribution in [0.15, 0.2) is 24.3 Å². The third kappa shape index (κ3) is 1.78. The monoisotopic (exact) mass is 176 g/mol. The van der Waals surface area contributed by atoms with Crippen LogP contribution >= 0.6 is 0 Å². The van der Waals surface area contributed by atoms with E-state index in [2.05, 4.69) is 9.72 Å². The molecule has 0 saturated heterocycles. The molecule has 0 fully saturated rings. The third-order valence-electron chi connectivity index (χ3n) is 1.32. The molecule has 0 heterocycles. The lowest BCUT2D eigenvalue weighted by Gasteiger charge is -2.02. The van der Waals surface area contributed by atoms with E-state index >= 15 is 0 Å². The Morgan fingerprint density at radius 3 is 2.17 bits per heavy atom. The predicted octanol–water partition coefficient (Wildman–Crippen LogP) is 1.32. The van der Waals surface area contributed by atoms with E-state index < -0.39 is 12.9 Å². The van der Waals surface area contributed by atoms with Crippen molar-refractivity contribution >= 4 is 12.6 Å². The van der Waals surface area contributed by atoms with Crippen molar-refractivity contribution in [1.82, 2.24) is 0 Å². The summed E-state index contributed by atoms with van der Waals surface area (Å²) in [6.45, 7) is 0. The van der Waals surface area contributed by atoms with E-state index in [1.807, 2.05) is 0 Å². The van der Waals surface area contributed by atoms with Crippen LogP contribution in [0, 0.1) is 5.82 Å². The Hall–Kier alpha value is -1.01. The first kappa shape index (κ1) is 9.09. The van der Waals surface area contributed by atoms with Crippen LogP contribution < -0.4 is 5.46 Å². The van der Waals surface area contributed by atoms with Gasteiger partial charge in [0, 0.05) is 5.46 Å². The normalized spacial score (nSPS) is 9.92. The van der Waals surface area contributed by atoms with Gasteiger partial charge >= 0.3 is 7.12 Å². The Bertz CT molecular complexity index is 254. The molecule has 0 aliphatic heterocycles. The van der Waals surface area contributed by atoms with Crippen LogP contribution in [0.2, 0.25) is 0 Å². The highest BCUT2D eigenvalue weighted by atomic mass is 19.3. The molecule has 0 spiro atoms. The van der Waals surface area contributed by atoms with Gasteiger partial charge in [-0.3, -0.25) is 0 Å². The molecule has 0 aliphatic carbocycles. The summed E-state index contributed by atoms with van der Waals surface area (Å²) in [7, 11) is -1.95. The summed E-state index contributed by atoms with van der Waals surface area (Å²) in [5.74, 6) is -0.794. The molecule has 0 aromatic heterocycles. The maximum atomic E-state index is 12.7. The fraction of sp³-hybridized carbons (Fsp3) is 0. The van der Waals surface area contributed by atoms with Crippen molar-refractivity contribution in [3.8, 4) is 0 Å². The molecule has 0 atom stereocenters. The fourth-order valence-corrected chi connectivity index (χ4v) is 0.776. The number of rotatable bonds is 3. The van der Waals surface area contributed by atoms with E-state index in [4.69, 9.17) is 0 Å². The lowest BCUT2D eigenvalue weighted by molar-refractivity contribution is -0.100. The van der Waals surface area contributed by atoms with Gasteiger partial charge in [-0.1, -0.05) is 27.3 Å². The molecule has 12 heavy (non-hydrogen) atoms. The van der Waals surface area contributed by atoms with Gasteiger partial charge in [-0.2, -0.15) is 0 Å². The second-order valence-electron chi connectivity index (χ2n) is 2.03. The van der Waals surface area contributed by atoms with Gasteiger partial charge in [0.05, 0.1) is 0 Å². The van der Waals surface area contributed by atoms with Crippen molar-refractivity contribution in [2.24, 2.45) is 0 Å². The van der Waals surface area contributed by atoms with Crippen molar-refractivity contribution in [2.75, 3.05) is 0 Å². The van der Waals surface area contributed by atoms with Crippen LogP contribution in [0.25, 0.3) is 0 Å². The Kier molecular flexibility index (Phi) is 3.13.